The van der Waals surface area contributed by atoms with Crippen LogP contribution in [-0.2, 0) is 0 Å². The van der Waals surface area contributed by atoms with E-state index in [-0.39, 0.29) is 5.91 Å². The van der Waals surface area contributed by atoms with E-state index >= 15 is 0 Å². The Morgan fingerprint density at radius 1 is 0.952 bits per heavy atom. The van der Waals surface area contributed by atoms with Crippen LogP contribution in [0.4, 0.5) is 5.69 Å². The summed E-state index contributed by atoms with van der Waals surface area (Å²) in [6, 6.07) is 15.0. The van der Waals surface area contributed by atoms with E-state index in [1.165, 1.54) is 0 Å². The van der Waals surface area contributed by atoms with Crippen LogP contribution in [0.3, 0.4) is 0 Å². The van der Waals surface area contributed by atoms with Crippen molar-refractivity contribution in [2.24, 2.45) is 0 Å². The number of hydrogen-bond donors (Lipinski definition) is 3. The van der Waals surface area contributed by atoms with Crippen LogP contribution in [0.5, 0.6) is 0 Å². The minimum atomic E-state index is -0.236. The van der Waals surface area contributed by atoms with Gasteiger partial charge < -0.3 is 5.32 Å². The van der Waals surface area contributed by atoms with Gasteiger partial charge in [0, 0.05) is 11.3 Å². The summed E-state index contributed by atoms with van der Waals surface area (Å²) in [5, 5.41) is 3.37. The molecule has 0 fully saturated rings. The number of carbonyl (C=O) groups is 1. The first-order valence-electron chi connectivity index (χ1n) is 6.55. The lowest BCUT2D eigenvalue weighted by molar-refractivity contribution is 0.0944. The van der Waals surface area contributed by atoms with Gasteiger partial charge in [0.15, 0.2) is 5.11 Å². The smallest absolute Gasteiger partial charge is 0.269 e. The van der Waals surface area contributed by atoms with Crippen molar-refractivity contribution in [2.45, 2.75) is 13.8 Å². The summed E-state index contributed by atoms with van der Waals surface area (Å²) >= 11 is 5.15. The quantitative estimate of drug-likeness (QED) is 0.589. The highest BCUT2D eigenvalue weighted by molar-refractivity contribution is 7.80. The zero-order chi connectivity index (χ0) is 15.2. The Hall–Kier alpha value is -2.40. The van der Waals surface area contributed by atoms with E-state index in [1.54, 1.807) is 24.3 Å². The Morgan fingerprint density at radius 2 is 1.57 bits per heavy atom. The third kappa shape index (κ3) is 4.57. The Balaban J connectivity index is 1.89. The molecule has 0 spiro atoms. The second-order valence-electron chi connectivity index (χ2n) is 4.78. The molecule has 0 atom stereocenters. The van der Waals surface area contributed by atoms with Gasteiger partial charge in [0.1, 0.15) is 0 Å². The van der Waals surface area contributed by atoms with E-state index in [2.05, 4.69) is 22.2 Å². The van der Waals surface area contributed by atoms with Gasteiger partial charge in [-0.3, -0.25) is 15.6 Å². The predicted molar refractivity (Wildman–Crippen MR) is 89.2 cm³/mol. The second kappa shape index (κ2) is 6.85. The zero-order valence-corrected chi connectivity index (χ0v) is 12.8. The SMILES string of the molecule is Cc1cc(C)cc(NC(=S)NNC(=O)c2ccccc2)c1. The average Bonchev–Trinajstić information content (AvgIpc) is 2.44. The van der Waals surface area contributed by atoms with E-state index in [9.17, 15) is 4.79 Å². The Morgan fingerprint density at radius 3 is 2.19 bits per heavy atom. The highest BCUT2D eigenvalue weighted by Crippen LogP contribution is 2.13. The number of hydrazine groups is 1. The molecule has 2 aromatic rings. The molecule has 1 amide bonds. The van der Waals surface area contributed by atoms with E-state index in [1.807, 2.05) is 32.0 Å². The van der Waals surface area contributed by atoms with Gasteiger partial charge in [-0.05, 0) is 61.5 Å². The summed E-state index contributed by atoms with van der Waals surface area (Å²) in [4.78, 5) is 11.8. The summed E-state index contributed by atoms with van der Waals surface area (Å²) in [5.41, 5.74) is 9.00. The van der Waals surface area contributed by atoms with Gasteiger partial charge in [0.2, 0.25) is 0 Å². The van der Waals surface area contributed by atoms with Crippen molar-refractivity contribution < 1.29 is 4.79 Å². The number of anilines is 1. The van der Waals surface area contributed by atoms with Crippen LogP contribution < -0.4 is 16.2 Å². The predicted octanol–water partition coefficient (Wildman–Crippen LogP) is 2.93. The van der Waals surface area contributed by atoms with Crippen molar-refractivity contribution in [1.82, 2.24) is 10.9 Å². The van der Waals surface area contributed by atoms with Gasteiger partial charge in [-0.2, -0.15) is 0 Å². The first kappa shape index (κ1) is 15.0. The summed E-state index contributed by atoms with van der Waals surface area (Å²) in [6.45, 7) is 4.04. The zero-order valence-electron chi connectivity index (χ0n) is 11.9. The van der Waals surface area contributed by atoms with Crippen LogP contribution in [0.15, 0.2) is 48.5 Å². The molecule has 21 heavy (non-hydrogen) atoms. The number of benzene rings is 2. The molecule has 0 aliphatic carbocycles. The summed E-state index contributed by atoms with van der Waals surface area (Å²) in [5.74, 6) is -0.236. The average molecular weight is 299 g/mol. The molecule has 3 N–H and O–H groups in total. The molecule has 0 unspecified atom stereocenters. The number of amides is 1. The van der Waals surface area contributed by atoms with Crippen LogP contribution in [0, 0.1) is 13.8 Å². The van der Waals surface area contributed by atoms with Crippen LogP contribution in [0.1, 0.15) is 21.5 Å². The molecule has 0 aliphatic rings. The normalized spacial score (nSPS) is 9.81. The van der Waals surface area contributed by atoms with Crippen molar-refractivity contribution in [3.8, 4) is 0 Å². The molecule has 4 nitrogen and oxygen atoms in total. The minimum Gasteiger partial charge on any atom is -0.331 e. The van der Waals surface area contributed by atoms with Crippen LogP contribution >= 0.6 is 12.2 Å². The van der Waals surface area contributed by atoms with Crippen molar-refractivity contribution in [3.63, 3.8) is 0 Å². The van der Waals surface area contributed by atoms with Crippen LogP contribution in [0.25, 0.3) is 0 Å². The molecule has 0 radical (unpaired) electrons. The fraction of sp³-hybridized carbons (Fsp3) is 0.125. The van der Waals surface area contributed by atoms with Gasteiger partial charge in [-0.1, -0.05) is 24.3 Å². The Kier molecular flexibility index (Phi) is 4.90. The van der Waals surface area contributed by atoms with E-state index in [0.717, 1.165) is 16.8 Å². The molecule has 0 saturated carbocycles. The largest absolute Gasteiger partial charge is 0.331 e. The summed E-state index contributed by atoms with van der Waals surface area (Å²) < 4.78 is 0. The maximum atomic E-state index is 11.8. The highest BCUT2D eigenvalue weighted by atomic mass is 32.1. The lowest BCUT2D eigenvalue weighted by Gasteiger charge is -2.12. The number of carbonyl (C=O) groups excluding carboxylic acids is 1. The van der Waals surface area contributed by atoms with E-state index in [0.29, 0.717) is 10.7 Å². The number of rotatable bonds is 2. The van der Waals surface area contributed by atoms with Crippen molar-refractivity contribution >= 4 is 28.9 Å². The fourth-order valence-corrected chi connectivity index (χ4v) is 2.15. The first-order chi connectivity index (χ1) is 10.0. The standard InChI is InChI=1S/C16H17N3OS/c1-11-8-12(2)10-14(9-11)17-16(21)19-18-15(20)13-6-4-3-5-7-13/h3-10H,1-2H3,(H,18,20)(H2,17,19,21). The molecule has 2 rings (SSSR count). The van der Waals surface area contributed by atoms with Crippen LogP contribution in [0.2, 0.25) is 0 Å². The van der Waals surface area contributed by atoms with Crippen molar-refractivity contribution in [1.29, 1.82) is 0 Å². The molecule has 0 heterocycles. The van der Waals surface area contributed by atoms with Crippen LogP contribution in [-0.4, -0.2) is 11.0 Å². The van der Waals surface area contributed by atoms with Gasteiger partial charge in [0.25, 0.3) is 5.91 Å². The summed E-state index contributed by atoms with van der Waals surface area (Å²) in [6.07, 6.45) is 0. The molecule has 0 bridgehead atoms. The number of hydrogen-bond acceptors (Lipinski definition) is 2. The number of thiocarbonyl (C=S) groups is 1. The van der Waals surface area contributed by atoms with Gasteiger partial charge in [-0.15, -0.1) is 0 Å². The molecule has 0 saturated heterocycles. The molecule has 2 aromatic carbocycles. The second-order valence-corrected chi connectivity index (χ2v) is 5.18. The van der Waals surface area contributed by atoms with Crippen molar-refractivity contribution in [2.75, 3.05) is 5.32 Å². The first-order valence-corrected chi connectivity index (χ1v) is 6.96. The third-order valence-electron chi connectivity index (χ3n) is 2.81. The molecule has 108 valence electrons. The number of nitrogens with one attached hydrogen (secondary N) is 3. The highest BCUT2D eigenvalue weighted by Gasteiger charge is 2.05. The van der Waals surface area contributed by atoms with Gasteiger partial charge in [-0.25, -0.2) is 0 Å². The van der Waals surface area contributed by atoms with Crippen molar-refractivity contribution in [3.05, 3.63) is 65.2 Å². The Bertz CT molecular complexity index is 636. The number of aryl methyl sites for hydroxylation is 2. The monoisotopic (exact) mass is 299 g/mol. The maximum Gasteiger partial charge on any atom is 0.269 e. The summed E-state index contributed by atoms with van der Waals surface area (Å²) in [7, 11) is 0. The molecule has 0 aromatic heterocycles. The van der Waals surface area contributed by atoms with E-state index in [4.69, 9.17) is 12.2 Å². The Labute approximate surface area is 129 Å². The molecular weight excluding hydrogens is 282 g/mol. The maximum absolute atomic E-state index is 11.8. The van der Waals surface area contributed by atoms with Gasteiger partial charge in [0.05, 0.1) is 0 Å². The molecule has 5 heteroatoms. The minimum absolute atomic E-state index is 0.236. The fourth-order valence-electron chi connectivity index (χ4n) is 1.98. The molecular formula is C16H17N3OS. The van der Waals surface area contributed by atoms with E-state index < -0.39 is 0 Å². The lowest BCUT2D eigenvalue weighted by atomic mass is 10.1. The topological polar surface area (TPSA) is 53.2 Å². The third-order valence-corrected chi connectivity index (χ3v) is 3.01. The van der Waals surface area contributed by atoms with Gasteiger partial charge >= 0.3 is 0 Å². The lowest BCUT2D eigenvalue weighted by Crippen LogP contribution is -2.43. The molecule has 0 aliphatic heterocycles.